The van der Waals surface area contributed by atoms with Crippen molar-refractivity contribution in [1.29, 1.82) is 0 Å². The number of fused-ring (bicyclic) bond motifs is 3. The summed E-state index contributed by atoms with van der Waals surface area (Å²) in [5.41, 5.74) is 2.41. The summed E-state index contributed by atoms with van der Waals surface area (Å²) < 4.78 is 2.46. The average molecular weight is 290 g/mol. The zero-order valence-corrected chi connectivity index (χ0v) is 12.7. The van der Waals surface area contributed by atoms with E-state index < -0.39 is 0 Å². The fourth-order valence-corrected chi connectivity index (χ4v) is 5.24. The second-order valence-corrected chi connectivity index (χ2v) is 7.88. The van der Waals surface area contributed by atoms with E-state index in [0.29, 0.717) is 6.04 Å². The smallest absolute Gasteiger partial charge is 0.150 e. The molecular formula is C15H18N2S2. The molecule has 2 bridgehead atoms. The number of nitrogens with zero attached hydrogens (tertiary/aromatic N) is 1. The monoisotopic (exact) mass is 290 g/mol. The van der Waals surface area contributed by atoms with E-state index in [0.717, 1.165) is 21.7 Å². The lowest BCUT2D eigenvalue weighted by Gasteiger charge is -2.23. The highest BCUT2D eigenvalue weighted by Crippen LogP contribution is 2.45. The fourth-order valence-electron chi connectivity index (χ4n) is 3.72. The maximum Gasteiger partial charge on any atom is 0.150 e. The zero-order chi connectivity index (χ0) is 12.8. The van der Waals surface area contributed by atoms with Gasteiger partial charge in [0.05, 0.1) is 10.2 Å². The molecule has 3 unspecified atom stereocenters. The van der Waals surface area contributed by atoms with Crippen LogP contribution in [0.4, 0.5) is 5.69 Å². The summed E-state index contributed by atoms with van der Waals surface area (Å²) in [6.07, 6.45) is 7.82. The summed E-state index contributed by atoms with van der Waals surface area (Å²) in [5.74, 6) is 1.92. The Hall–Kier alpha value is -0.740. The third kappa shape index (κ3) is 2.15. The molecule has 0 spiro atoms. The molecule has 100 valence electrons. The standard InChI is InChI=1S/C15H18N2S2/c1-18-15-17-12-5-4-11(8-14(12)19-15)16-13-7-9-2-3-10(13)6-9/h4-5,8-10,13,16H,2-3,6-7H2,1H3. The van der Waals surface area contributed by atoms with Gasteiger partial charge in [0.2, 0.25) is 0 Å². The third-order valence-corrected chi connectivity index (χ3v) is 6.64. The average Bonchev–Trinajstić information content (AvgIpc) is 3.11. The van der Waals surface area contributed by atoms with E-state index in [9.17, 15) is 0 Å². The predicted molar refractivity (Wildman–Crippen MR) is 84.3 cm³/mol. The van der Waals surface area contributed by atoms with Gasteiger partial charge in [-0.3, -0.25) is 0 Å². The lowest BCUT2D eigenvalue weighted by molar-refractivity contribution is 0.440. The Balaban J connectivity index is 1.57. The first-order valence-corrected chi connectivity index (χ1v) is 9.07. The molecule has 0 amide bonds. The SMILES string of the molecule is CSc1nc2ccc(NC3CC4CCC3C4)cc2s1. The Morgan fingerprint density at radius 2 is 2.26 bits per heavy atom. The molecule has 3 atom stereocenters. The van der Waals surface area contributed by atoms with Crippen LogP contribution in [0, 0.1) is 11.8 Å². The summed E-state index contributed by atoms with van der Waals surface area (Å²) in [4.78, 5) is 4.60. The molecule has 1 aromatic carbocycles. The topological polar surface area (TPSA) is 24.9 Å². The number of rotatable bonds is 3. The first-order valence-electron chi connectivity index (χ1n) is 7.03. The normalized spacial score (nSPS) is 29.2. The minimum atomic E-state index is 0.712. The zero-order valence-electron chi connectivity index (χ0n) is 11.1. The molecular weight excluding hydrogens is 272 g/mol. The van der Waals surface area contributed by atoms with Gasteiger partial charge in [-0.1, -0.05) is 18.2 Å². The van der Waals surface area contributed by atoms with Gasteiger partial charge in [-0.15, -0.1) is 11.3 Å². The molecule has 0 aliphatic heterocycles. The summed E-state index contributed by atoms with van der Waals surface area (Å²) in [6.45, 7) is 0. The van der Waals surface area contributed by atoms with Gasteiger partial charge in [0, 0.05) is 11.7 Å². The molecule has 2 saturated carbocycles. The summed E-state index contributed by atoms with van der Waals surface area (Å²) in [5, 5.41) is 3.76. The lowest BCUT2D eigenvalue weighted by atomic mass is 9.95. The number of hydrogen-bond donors (Lipinski definition) is 1. The maximum absolute atomic E-state index is 4.60. The molecule has 0 saturated heterocycles. The van der Waals surface area contributed by atoms with Crippen molar-refractivity contribution in [2.45, 2.75) is 36.1 Å². The highest BCUT2D eigenvalue weighted by molar-refractivity contribution is 8.00. The predicted octanol–water partition coefficient (Wildman–Crippen LogP) is 4.62. The minimum absolute atomic E-state index is 0.712. The number of nitrogens with one attached hydrogen (secondary N) is 1. The highest BCUT2D eigenvalue weighted by Gasteiger charge is 2.39. The third-order valence-electron chi connectivity index (χ3n) is 4.63. The van der Waals surface area contributed by atoms with Gasteiger partial charge in [0.25, 0.3) is 0 Å². The first kappa shape index (κ1) is 12.0. The van der Waals surface area contributed by atoms with Crippen molar-refractivity contribution in [3.05, 3.63) is 18.2 Å². The van der Waals surface area contributed by atoms with Crippen LogP contribution >= 0.6 is 23.1 Å². The van der Waals surface area contributed by atoms with Crippen LogP contribution < -0.4 is 5.32 Å². The Morgan fingerprint density at radius 3 is 3.00 bits per heavy atom. The van der Waals surface area contributed by atoms with Gasteiger partial charge in [-0.25, -0.2) is 4.98 Å². The van der Waals surface area contributed by atoms with Crippen LogP contribution in [-0.2, 0) is 0 Å². The van der Waals surface area contributed by atoms with Gasteiger partial charge in [-0.2, -0.15) is 0 Å². The molecule has 2 aliphatic rings. The quantitative estimate of drug-likeness (QED) is 0.835. The Bertz CT molecular complexity index is 607. The lowest BCUT2D eigenvalue weighted by Crippen LogP contribution is -2.25. The molecule has 2 fully saturated rings. The van der Waals surface area contributed by atoms with Crippen LogP contribution in [0.15, 0.2) is 22.5 Å². The summed E-state index contributed by atoms with van der Waals surface area (Å²) >= 11 is 3.53. The van der Waals surface area contributed by atoms with Gasteiger partial charge in [-0.05, 0) is 55.6 Å². The van der Waals surface area contributed by atoms with Gasteiger partial charge in [0.15, 0.2) is 4.34 Å². The number of thioether (sulfide) groups is 1. The van der Waals surface area contributed by atoms with E-state index in [4.69, 9.17) is 0 Å². The fraction of sp³-hybridized carbons (Fsp3) is 0.533. The molecule has 2 nitrogen and oxygen atoms in total. The largest absolute Gasteiger partial charge is 0.382 e. The number of benzene rings is 1. The van der Waals surface area contributed by atoms with E-state index in [1.54, 1.807) is 23.1 Å². The van der Waals surface area contributed by atoms with Crippen LogP contribution in [0.5, 0.6) is 0 Å². The van der Waals surface area contributed by atoms with Gasteiger partial charge < -0.3 is 5.32 Å². The second-order valence-electron chi connectivity index (χ2n) is 5.79. The Labute approximate surface area is 122 Å². The molecule has 19 heavy (non-hydrogen) atoms. The Morgan fingerprint density at radius 1 is 1.32 bits per heavy atom. The number of anilines is 1. The van der Waals surface area contributed by atoms with E-state index in [1.165, 1.54) is 36.1 Å². The van der Waals surface area contributed by atoms with Crippen molar-refractivity contribution in [2.75, 3.05) is 11.6 Å². The Kier molecular flexibility index (Phi) is 2.96. The molecule has 1 aromatic heterocycles. The molecule has 1 N–H and O–H groups in total. The van der Waals surface area contributed by atoms with Crippen LogP contribution in [0.2, 0.25) is 0 Å². The summed E-state index contributed by atoms with van der Waals surface area (Å²) in [6, 6.07) is 7.34. The summed E-state index contributed by atoms with van der Waals surface area (Å²) in [7, 11) is 0. The van der Waals surface area contributed by atoms with Gasteiger partial charge >= 0.3 is 0 Å². The van der Waals surface area contributed by atoms with E-state index >= 15 is 0 Å². The molecule has 0 radical (unpaired) electrons. The number of aromatic nitrogens is 1. The first-order chi connectivity index (χ1) is 9.31. The van der Waals surface area contributed by atoms with Crippen molar-refractivity contribution in [3.63, 3.8) is 0 Å². The van der Waals surface area contributed by atoms with Crippen molar-refractivity contribution >= 4 is 39.0 Å². The number of hydrogen-bond acceptors (Lipinski definition) is 4. The molecule has 2 aliphatic carbocycles. The van der Waals surface area contributed by atoms with Crippen molar-refractivity contribution in [3.8, 4) is 0 Å². The molecule has 4 rings (SSSR count). The molecule has 4 heteroatoms. The maximum atomic E-state index is 4.60. The van der Waals surface area contributed by atoms with Crippen LogP contribution in [0.25, 0.3) is 10.2 Å². The highest BCUT2D eigenvalue weighted by atomic mass is 32.2. The minimum Gasteiger partial charge on any atom is -0.382 e. The van der Waals surface area contributed by atoms with E-state index in [-0.39, 0.29) is 0 Å². The van der Waals surface area contributed by atoms with Gasteiger partial charge in [0.1, 0.15) is 0 Å². The van der Waals surface area contributed by atoms with E-state index in [1.807, 2.05) is 0 Å². The van der Waals surface area contributed by atoms with Crippen LogP contribution in [0.1, 0.15) is 25.7 Å². The molecule has 1 heterocycles. The second kappa shape index (κ2) is 4.67. The molecule has 2 aromatic rings. The van der Waals surface area contributed by atoms with Crippen molar-refractivity contribution in [2.24, 2.45) is 11.8 Å². The van der Waals surface area contributed by atoms with Crippen LogP contribution in [-0.4, -0.2) is 17.3 Å². The van der Waals surface area contributed by atoms with Crippen molar-refractivity contribution in [1.82, 2.24) is 4.98 Å². The van der Waals surface area contributed by atoms with Crippen molar-refractivity contribution < 1.29 is 0 Å². The number of thiazole rings is 1. The van der Waals surface area contributed by atoms with E-state index in [2.05, 4.69) is 34.8 Å². The van der Waals surface area contributed by atoms with Crippen LogP contribution in [0.3, 0.4) is 0 Å².